The molecule has 0 aliphatic heterocycles. The third-order valence-corrected chi connectivity index (χ3v) is 7.24. The summed E-state index contributed by atoms with van der Waals surface area (Å²) in [4.78, 5) is 25.8. The number of aromatic amines is 1. The first-order valence-electron chi connectivity index (χ1n) is 12.5. The van der Waals surface area contributed by atoms with E-state index in [-0.39, 0.29) is 5.56 Å². The van der Waals surface area contributed by atoms with Gasteiger partial charge in [0.1, 0.15) is 23.3 Å². The van der Waals surface area contributed by atoms with E-state index in [1.807, 2.05) is 68.6 Å². The van der Waals surface area contributed by atoms with Crippen LogP contribution in [0.15, 0.2) is 84.2 Å². The Morgan fingerprint density at radius 1 is 1.00 bits per heavy atom. The molecule has 0 amide bonds. The Morgan fingerprint density at radius 2 is 1.75 bits per heavy atom. The number of hydrogen-bond acceptors (Lipinski definition) is 7. The molecule has 202 valence electrons. The van der Waals surface area contributed by atoms with E-state index >= 15 is 0 Å². The summed E-state index contributed by atoms with van der Waals surface area (Å²) in [7, 11) is -3.38. The minimum atomic E-state index is -3.38. The highest BCUT2D eigenvalue weighted by Crippen LogP contribution is 2.34. The molecule has 12 heteroatoms. The number of H-pyrrole nitrogens is 1. The van der Waals surface area contributed by atoms with Crippen molar-refractivity contribution < 1.29 is 8.42 Å². The molecule has 0 aliphatic rings. The topological polar surface area (TPSA) is 139 Å². The molecule has 2 aromatic carbocycles. The second kappa shape index (κ2) is 9.65. The van der Waals surface area contributed by atoms with E-state index in [0.717, 1.165) is 28.3 Å². The van der Waals surface area contributed by atoms with E-state index in [9.17, 15) is 13.2 Å². The highest BCUT2D eigenvalue weighted by atomic mass is 32.2. The lowest BCUT2D eigenvalue weighted by Gasteiger charge is -2.20. The fourth-order valence-corrected chi connectivity index (χ4v) is 5.40. The molecule has 3 N–H and O–H groups in total. The number of nitrogens with one attached hydrogen (secondary N) is 3. The maximum atomic E-state index is 13.7. The van der Waals surface area contributed by atoms with Gasteiger partial charge >= 0.3 is 0 Å². The maximum absolute atomic E-state index is 13.7. The molecule has 4 aromatic heterocycles. The van der Waals surface area contributed by atoms with E-state index in [4.69, 9.17) is 5.10 Å². The molecule has 40 heavy (non-hydrogen) atoms. The summed E-state index contributed by atoms with van der Waals surface area (Å²) >= 11 is 0. The van der Waals surface area contributed by atoms with Crippen LogP contribution < -0.4 is 15.6 Å². The summed E-state index contributed by atoms with van der Waals surface area (Å²) in [5, 5.41) is 9.03. The van der Waals surface area contributed by atoms with Crippen molar-refractivity contribution in [2.24, 2.45) is 0 Å². The predicted octanol–water partition coefficient (Wildman–Crippen LogP) is 4.28. The van der Waals surface area contributed by atoms with Gasteiger partial charge in [-0.15, -0.1) is 0 Å². The largest absolute Gasteiger partial charge is 0.360 e. The van der Waals surface area contributed by atoms with Gasteiger partial charge in [0.15, 0.2) is 5.82 Å². The van der Waals surface area contributed by atoms with Crippen molar-refractivity contribution in [2.75, 3.05) is 16.3 Å². The van der Waals surface area contributed by atoms with E-state index in [1.165, 1.54) is 6.33 Å². The Balaban J connectivity index is 1.43. The Labute approximate surface area is 229 Å². The van der Waals surface area contributed by atoms with Gasteiger partial charge in [0.2, 0.25) is 10.0 Å². The van der Waals surface area contributed by atoms with Crippen molar-refractivity contribution in [3.8, 4) is 16.8 Å². The molecule has 0 saturated carbocycles. The number of hydrogen-bond donors (Lipinski definition) is 3. The Bertz CT molecular complexity index is 2030. The maximum Gasteiger partial charge on any atom is 0.282 e. The van der Waals surface area contributed by atoms with Gasteiger partial charge in [-0.2, -0.15) is 5.10 Å². The predicted molar refractivity (Wildman–Crippen MR) is 155 cm³/mol. The van der Waals surface area contributed by atoms with Crippen LogP contribution in [0.5, 0.6) is 0 Å². The highest BCUT2D eigenvalue weighted by molar-refractivity contribution is 7.92. The molecule has 0 spiro atoms. The lowest BCUT2D eigenvalue weighted by molar-refractivity contribution is 0.607. The van der Waals surface area contributed by atoms with E-state index in [2.05, 4.69) is 25.0 Å². The molecule has 0 fully saturated rings. The zero-order chi connectivity index (χ0) is 28.0. The van der Waals surface area contributed by atoms with Crippen LogP contribution in [0.3, 0.4) is 0 Å². The summed E-state index contributed by atoms with van der Waals surface area (Å²) in [6.45, 7) is 3.82. The summed E-state index contributed by atoms with van der Waals surface area (Å²) in [6, 6.07) is 17.9. The van der Waals surface area contributed by atoms with Crippen LogP contribution in [-0.4, -0.2) is 43.8 Å². The molecular formula is C28H26N8O3S. The van der Waals surface area contributed by atoms with E-state index in [0.29, 0.717) is 34.2 Å². The zero-order valence-corrected chi connectivity index (χ0v) is 22.8. The minimum absolute atomic E-state index is 0.162. The smallest absolute Gasteiger partial charge is 0.282 e. The molecule has 0 bridgehead atoms. The Kier molecular flexibility index (Phi) is 6.11. The quantitative estimate of drug-likeness (QED) is 0.268. The van der Waals surface area contributed by atoms with E-state index in [1.54, 1.807) is 27.4 Å². The number of rotatable bonds is 7. The zero-order valence-electron chi connectivity index (χ0n) is 22.0. The molecule has 11 nitrogen and oxygen atoms in total. The van der Waals surface area contributed by atoms with Gasteiger partial charge in [0.05, 0.1) is 23.4 Å². The van der Waals surface area contributed by atoms with Crippen LogP contribution in [0.2, 0.25) is 0 Å². The van der Waals surface area contributed by atoms with Crippen LogP contribution >= 0.6 is 0 Å². The lowest BCUT2D eigenvalue weighted by atomic mass is 10.1. The van der Waals surface area contributed by atoms with Gasteiger partial charge in [-0.1, -0.05) is 30.3 Å². The molecule has 6 rings (SSSR count). The van der Waals surface area contributed by atoms with Crippen LogP contribution in [-0.2, 0) is 10.0 Å². The fraction of sp³-hybridized carbons (Fsp3) is 0.143. The Hall–Kier alpha value is -4.97. The van der Waals surface area contributed by atoms with Crippen molar-refractivity contribution >= 4 is 38.1 Å². The van der Waals surface area contributed by atoms with Crippen LogP contribution in [0.25, 0.3) is 33.4 Å². The van der Waals surface area contributed by atoms with Gasteiger partial charge in [-0.05, 0) is 55.3 Å². The minimum Gasteiger partial charge on any atom is -0.360 e. The third-order valence-electron chi connectivity index (χ3n) is 6.64. The van der Waals surface area contributed by atoms with Gasteiger partial charge in [0.25, 0.3) is 5.56 Å². The average molecular weight is 555 g/mol. The summed E-state index contributed by atoms with van der Waals surface area (Å²) in [5.74, 6) is 1.07. The number of benzene rings is 2. The van der Waals surface area contributed by atoms with Crippen molar-refractivity contribution in [3.05, 3.63) is 101 Å². The number of nitrogens with zero attached hydrogens (tertiary/aromatic N) is 5. The summed E-state index contributed by atoms with van der Waals surface area (Å²) in [5.41, 5.74) is 4.70. The molecule has 0 radical (unpaired) electrons. The molecule has 1 unspecified atom stereocenters. The SMILES string of the molecule is Cc1ccn2nc(C(C)Nc3ncnc4[nH]cc(-c5ccc(NS(C)(=O)=O)cc5)c34)n(-c3ccccc3)c(=O)c12. The Morgan fingerprint density at radius 3 is 2.48 bits per heavy atom. The molecule has 6 aromatic rings. The number of aryl methyl sites for hydroxylation is 1. The highest BCUT2D eigenvalue weighted by Gasteiger charge is 2.22. The molecule has 0 aliphatic carbocycles. The second-order valence-corrected chi connectivity index (χ2v) is 11.3. The van der Waals surface area contributed by atoms with Crippen LogP contribution in [0.1, 0.15) is 24.4 Å². The monoisotopic (exact) mass is 554 g/mol. The molecular weight excluding hydrogens is 528 g/mol. The molecule has 4 heterocycles. The third kappa shape index (κ3) is 4.58. The van der Waals surface area contributed by atoms with E-state index < -0.39 is 16.1 Å². The molecule has 0 saturated heterocycles. The van der Waals surface area contributed by atoms with Gasteiger partial charge < -0.3 is 10.3 Å². The average Bonchev–Trinajstić information content (AvgIpc) is 3.53. The van der Waals surface area contributed by atoms with Gasteiger partial charge in [0, 0.05) is 23.6 Å². The summed E-state index contributed by atoms with van der Waals surface area (Å²) in [6.07, 6.45) is 6.19. The first kappa shape index (κ1) is 25.3. The number of sulfonamides is 1. The first-order valence-corrected chi connectivity index (χ1v) is 14.4. The first-order chi connectivity index (χ1) is 19.2. The van der Waals surface area contributed by atoms with Crippen LogP contribution in [0.4, 0.5) is 11.5 Å². The number of fused-ring (bicyclic) bond motifs is 2. The fourth-order valence-electron chi connectivity index (χ4n) is 4.84. The number of para-hydroxylation sites is 1. The standard InChI is InChI=1S/C28H26N8O3S/c1-17-13-14-35-24(17)28(37)36(21-7-5-4-6-8-21)27(33-35)18(2)32-26-23-22(15-29-25(23)30-16-31-26)19-9-11-20(12-10-19)34-40(3,38)39/h4-16,18,34H,1-3H3,(H2,29,30,31,32). The van der Waals surface area contributed by atoms with Gasteiger partial charge in [-0.25, -0.2) is 22.9 Å². The normalized spacial score (nSPS) is 12.6. The second-order valence-electron chi connectivity index (χ2n) is 9.59. The van der Waals surface area contributed by atoms with Gasteiger partial charge in [-0.3, -0.25) is 14.1 Å². The van der Waals surface area contributed by atoms with Crippen molar-refractivity contribution in [2.45, 2.75) is 19.9 Å². The van der Waals surface area contributed by atoms with Crippen LogP contribution in [0, 0.1) is 6.92 Å². The molecule has 1 atom stereocenters. The summed E-state index contributed by atoms with van der Waals surface area (Å²) < 4.78 is 28.9. The number of anilines is 2. The van der Waals surface area contributed by atoms with Crippen molar-refractivity contribution in [1.29, 1.82) is 0 Å². The van der Waals surface area contributed by atoms with Crippen molar-refractivity contribution in [3.63, 3.8) is 0 Å². The lowest BCUT2D eigenvalue weighted by Crippen LogP contribution is -2.29. The number of aromatic nitrogens is 6. The van der Waals surface area contributed by atoms with Crippen molar-refractivity contribution in [1.82, 2.24) is 29.1 Å².